The normalized spacial score (nSPS) is 14.4. The average molecular weight is 346 g/mol. The molecular formula is C23H22O3. The molecule has 0 saturated heterocycles. The average Bonchev–Trinajstić information content (AvgIpc) is 2.72. The molecule has 3 heteroatoms. The van der Waals surface area contributed by atoms with E-state index in [0.717, 1.165) is 11.1 Å². The van der Waals surface area contributed by atoms with Gasteiger partial charge in [-0.15, -0.1) is 0 Å². The van der Waals surface area contributed by atoms with Crippen molar-refractivity contribution in [2.45, 2.75) is 24.5 Å². The van der Waals surface area contributed by atoms with Crippen LogP contribution in [-0.4, -0.2) is 22.1 Å². The quantitative estimate of drug-likeness (QED) is 0.686. The fourth-order valence-electron chi connectivity index (χ4n) is 3.11. The van der Waals surface area contributed by atoms with E-state index in [2.05, 4.69) is 0 Å². The molecule has 3 rings (SSSR count). The summed E-state index contributed by atoms with van der Waals surface area (Å²) in [4.78, 5) is 13.1. The first-order chi connectivity index (χ1) is 12.7. The molecule has 3 aromatic carbocycles. The van der Waals surface area contributed by atoms with Gasteiger partial charge in [0.25, 0.3) is 0 Å². The lowest BCUT2D eigenvalue weighted by molar-refractivity contribution is -0.134. The number of Topliss-reactive ketones (excluding diaryl/α,β-unsaturated/α-hetero) is 1. The van der Waals surface area contributed by atoms with Crippen LogP contribution in [-0.2, 0) is 11.2 Å². The molecule has 0 spiro atoms. The lowest BCUT2D eigenvalue weighted by Crippen LogP contribution is -2.33. The third-order valence-electron chi connectivity index (χ3n) is 4.56. The largest absolute Gasteiger partial charge is 0.385 e. The van der Waals surface area contributed by atoms with Gasteiger partial charge in [-0.2, -0.15) is 0 Å². The van der Waals surface area contributed by atoms with Crippen LogP contribution >= 0.6 is 0 Å². The van der Waals surface area contributed by atoms with Crippen LogP contribution in [0.2, 0.25) is 0 Å². The summed E-state index contributed by atoms with van der Waals surface area (Å²) in [6.07, 6.45) is -2.25. The molecule has 0 radical (unpaired) electrons. The Labute approximate surface area is 153 Å². The summed E-state index contributed by atoms with van der Waals surface area (Å²) in [7, 11) is 0. The number of ketones is 1. The first kappa shape index (κ1) is 18.1. The Balaban J connectivity index is 1.87. The standard InChI is InChI=1S/C23H22O3/c24-21(19-14-8-3-9-15-19)23(26)22(25)20(18-12-6-2-7-13-18)16-17-10-4-1-5-11-17/h1-15,20-21,23-24,26H,16H2/t20?,21?,23-/m1/s1. The molecule has 0 amide bonds. The molecule has 0 aliphatic heterocycles. The van der Waals surface area contributed by atoms with Crippen molar-refractivity contribution in [1.82, 2.24) is 0 Å². The van der Waals surface area contributed by atoms with E-state index in [0.29, 0.717) is 12.0 Å². The first-order valence-corrected chi connectivity index (χ1v) is 8.70. The predicted octanol–water partition coefficient (Wildman–Crippen LogP) is 3.68. The highest BCUT2D eigenvalue weighted by Gasteiger charge is 2.32. The highest BCUT2D eigenvalue weighted by Crippen LogP contribution is 2.27. The zero-order chi connectivity index (χ0) is 18.4. The van der Waals surface area contributed by atoms with Crippen LogP contribution in [0.5, 0.6) is 0 Å². The molecule has 3 atom stereocenters. The number of rotatable bonds is 7. The van der Waals surface area contributed by atoms with Crippen molar-refractivity contribution < 1.29 is 15.0 Å². The lowest BCUT2D eigenvalue weighted by atomic mass is 9.84. The SMILES string of the molecule is O=C(C(Cc1ccccc1)c1ccccc1)[C@H](O)C(O)c1ccccc1. The van der Waals surface area contributed by atoms with Gasteiger partial charge in [0.15, 0.2) is 5.78 Å². The second kappa shape index (κ2) is 8.56. The molecule has 2 unspecified atom stereocenters. The Bertz CT molecular complexity index is 816. The number of hydrogen-bond acceptors (Lipinski definition) is 3. The molecule has 0 fully saturated rings. The smallest absolute Gasteiger partial charge is 0.172 e. The molecule has 0 aromatic heterocycles. The Morgan fingerprint density at radius 2 is 1.15 bits per heavy atom. The van der Waals surface area contributed by atoms with Gasteiger partial charge in [-0.1, -0.05) is 91.0 Å². The molecule has 132 valence electrons. The summed E-state index contributed by atoms with van der Waals surface area (Å²) in [5.41, 5.74) is 2.37. The second-order valence-corrected chi connectivity index (χ2v) is 6.36. The van der Waals surface area contributed by atoms with E-state index in [1.54, 1.807) is 24.3 Å². The van der Waals surface area contributed by atoms with Crippen LogP contribution in [0.3, 0.4) is 0 Å². The maximum absolute atomic E-state index is 13.1. The zero-order valence-corrected chi connectivity index (χ0v) is 14.4. The maximum Gasteiger partial charge on any atom is 0.172 e. The Morgan fingerprint density at radius 3 is 1.69 bits per heavy atom. The van der Waals surface area contributed by atoms with E-state index < -0.39 is 18.1 Å². The summed E-state index contributed by atoms with van der Waals surface area (Å²) in [5, 5.41) is 21.0. The Kier molecular flexibility index (Phi) is 5.95. The molecule has 0 bridgehead atoms. The summed E-state index contributed by atoms with van der Waals surface area (Å²) < 4.78 is 0. The molecule has 0 heterocycles. The summed E-state index contributed by atoms with van der Waals surface area (Å²) in [5.74, 6) is -0.900. The summed E-state index contributed by atoms with van der Waals surface area (Å²) >= 11 is 0. The van der Waals surface area contributed by atoms with Crippen LogP contribution < -0.4 is 0 Å². The number of aliphatic hydroxyl groups excluding tert-OH is 2. The van der Waals surface area contributed by atoms with E-state index in [1.807, 2.05) is 66.7 Å². The Morgan fingerprint density at radius 1 is 0.692 bits per heavy atom. The van der Waals surface area contributed by atoms with Crippen molar-refractivity contribution in [1.29, 1.82) is 0 Å². The minimum absolute atomic E-state index is 0.378. The number of carbonyl (C=O) groups excluding carboxylic acids is 1. The van der Waals surface area contributed by atoms with E-state index >= 15 is 0 Å². The first-order valence-electron chi connectivity index (χ1n) is 8.70. The van der Waals surface area contributed by atoms with Gasteiger partial charge in [0, 0.05) is 5.92 Å². The van der Waals surface area contributed by atoms with E-state index in [4.69, 9.17) is 0 Å². The van der Waals surface area contributed by atoms with Crippen LogP contribution in [0.15, 0.2) is 91.0 Å². The van der Waals surface area contributed by atoms with Crippen LogP contribution in [0.4, 0.5) is 0 Å². The summed E-state index contributed by atoms with van der Waals surface area (Å²) in [6, 6.07) is 27.9. The molecule has 3 nitrogen and oxygen atoms in total. The Hall–Kier alpha value is -2.75. The van der Waals surface area contributed by atoms with E-state index in [-0.39, 0.29) is 5.78 Å². The number of aliphatic hydroxyl groups is 2. The van der Waals surface area contributed by atoms with E-state index in [9.17, 15) is 15.0 Å². The lowest BCUT2D eigenvalue weighted by Gasteiger charge is -2.23. The van der Waals surface area contributed by atoms with Gasteiger partial charge in [0.2, 0.25) is 0 Å². The molecule has 0 aliphatic rings. The molecule has 0 aliphatic carbocycles. The van der Waals surface area contributed by atoms with Gasteiger partial charge >= 0.3 is 0 Å². The van der Waals surface area contributed by atoms with Gasteiger partial charge in [-0.05, 0) is 23.1 Å². The predicted molar refractivity (Wildman–Crippen MR) is 102 cm³/mol. The van der Waals surface area contributed by atoms with Gasteiger partial charge < -0.3 is 10.2 Å². The maximum atomic E-state index is 13.1. The van der Waals surface area contributed by atoms with Crippen LogP contribution in [0, 0.1) is 0 Å². The highest BCUT2D eigenvalue weighted by atomic mass is 16.3. The van der Waals surface area contributed by atoms with Crippen molar-refractivity contribution >= 4 is 5.78 Å². The summed E-state index contributed by atoms with van der Waals surface area (Å²) in [6.45, 7) is 0. The van der Waals surface area contributed by atoms with Gasteiger partial charge in [0.05, 0.1) is 0 Å². The second-order valence-electron chi connectivity index (χ2n) is 6.36. The minimum atomic E-state index is -1.48. The van der Waals surface area contributed by atoms with Crippen molar-refractivity contribution in [2.24, 2.45) is 0 Å². The molecule has 2 N–H and O–H groups in total. The van der Waals surface area contributed by atoms with Crippen LogP contribution in [0.25, 0.3) is 0 Å². The number of carbonyl (C=O) groups is 1. The van der Waals surface area contributed by atoms with Crippen molar-refractivity contribution in [2.75, 3.05) is 0 Å². The number of benzene rings is 3. The molecule has 26 heavy (non-hydrogen) atoms. The molecule has 0 saturated carbocycles. The molecule has 3 aromatic rings. The minimum Gasteiger partial charge on any atom is -0.385 e. The molecular weight excluding hydrogens is 324 g/mol. The third kappa shape index (κ3) is 4.26. The van der Waals surface area contributed by atoms with Crippen LogP contribution in [0.1, 0.15) is 28.7 Å². The van der Waals surface area contributed by atoms with Crippen molar-refractivity contribution in [3.63, 3.8) is 0 Å². The van der Waals surface area contributed by atoms with Gasteiger partial charge in [-0.3, -0.25) is 4.79 Å². The van der Waals surface area contributed by atoms with Crippen molar-refractivity contribution in [3.05, 3.63) is 108 Å². The van der Waals surface area contributed by atoms with Crippen molar-refractivity contribution in [3.8, 4) is 0 Å². The van der Waals surface area contributed by atoms with Gasteiger partial charge in [-0.25, -0.2) is 0 Å². The fraction of sp³-hybridized carbons (Fsp3) is 0.174. The fourth-order valence-corrected chi connectivity index (χ4v) is 3.11. The van der Waals surface area contributed by atoms with Gasteiger partial charge in [0.1, 0.15) is 12.2 Å². The zero-order valence-electron chi connectivity index (χ0n) is 14.4. The topological polar surface area (TPSA) is 57.5 Å². The third-order valence-corrected chi connectivity index (χ3v) is 4.56. The van der Waals surface area contributed by atoms with E-state index in [1.165, 1.54) is 0 Å². The highest BCUT2D eigenvalue weighted by molar-refractivity contribution is 5.90. The monoisotopic (exact) mass is 346 g/mol. The number of hydrogen-bond donors (Lipinski definition) is 2.